The first-order valence-corrected chi connectivity index (χ1v) is 5.84. The highest BCUT2D eigenvalue weighted by Crippen LogP contribution is 2.22. The minimum absolute atomic E-state index is 0.282. The van der Waals surface area contributed by atoms with Gasteiger partial charge in [-0.2, -0.15) is 0 Å². The molecule has 0 heterocycles. The Morgan fingerprint density at radius 1 is 1.31 bits per heavy atom. The molecule has 0 bridgehead atoms. The van der Waals surface area contributed by atoms with Gasteiger partial charge in [0, 0.05) is 6.42 Å². The number of hydrogen-bond donors (Lipinski definition) is 1. The van der Waals surface area contributed by atoms with Gasteiger partial charge in [-0.25, -0.2) is 0 Å². The summed E-state index contributed by atoms with van der Waals surface area (Å²) in [6, 6.07) is 6.08. The molecule has 0 aromatic heterocycles. The Balaban J connectivity index is 2.74. The van der Waals surface area contributed by atoms with Gasteiger partial charge < -0.3 is 9.84 Å². The van der Waals surface area contributed by atoms with Crippen molar-refractivity contribution in [1.82, 2.24) is 0 Å². The SMILES string of the molecule is COc1ccc(C)cc1CC(O)CC(C)C. The molecule has 0 radical (unpaired) electrons. The lowest BCUT2D eigenvalue weighted by Gasteiger charge is -2.15. The van der Waals surface area contributed by atoms with Crippen LogP contribution < -0.4 is 4.74 Å². The van der Waals surface area contributed by atoms with Gasteiger partial charge in [0.2, 0.25) is 0 Å². The average molecular weight is 222 g/mol. The molecular weight excluding hydrogens is 200 g/mol. The lowest BCUT2D eigenvalue weighted by atomic mass is 9.98. The molecule has 0 spiro atoms. The first-order chi connectivity index (χ1) is 7.52. The van der Waals surface area contributed by atoms with Crippen LogP contribution in [0.1, 0.15) is 31.4 Å². The summed E-state index contributed by atoms with van der Waals surface area (Å²) >= 11 is 0. The van der Waals surface area contributed by atoms with E-state index in [9.17, 15) is 5.11 Å². The van der Waals surface area contributed by atoms with Gasteiger partial charge in [0.15, 0.2) is 0 Å². The minimum atomic E-state index is -0.282. The molecule has 0 fully saturated rings. The number of aryl methyl sites for hydroxylation is 1. The second-order valence-electron chi connectivity index (χ2n) is 4.80. The summed E-state index contributed by atoms with van der Waals surface area (Å²) in [5.74, 6) is 1.39. The molecule has 0 saturated heterocycles. The lowest BCUT2D eigenvalue weighted by molar-refractivity contribution is 0.148. The Kier molecular flexibility index (Phi) is 4.81. The largest absolute Gasteiger partial charge is 0.496 e. The van der Waals surface area contributed by atoms with Gasteiger partial charge in [-0.3, -0.25) is 0 Å². The number of aliphatic hydroxyl groups excluding tert-OH is 1. The van der Waals surface area contributed by atoms with Crippen LogP contribution in [0.2, 0.25) is 0 Å². The van der Waals surface area contributed by atoms with Gasteiger partial charge in [-0.15, -0.1) is 0 Å². The fraction of sp³-hybridized carbons (Fsp3) is 0.571. The van der Waals surface area contributed by atoms with Crippen LogP contribution in [-0.4, -0.2) is 18.3 Å². The molecule has 0 aliphatic carbocycles. The molecule has 0 aliphatic rings. The van der Waals surface area contributed by atoms with Crippen LogP contribution in [0.4, 0.5) is 0 Å². The van der Waals surface area contributed by atoms with Crippen molar-refractivity contribution < 1.29 is 9.84 Å². The summed E-state index contributed by atoms with van der Waals surface area (Å²) in [7, 11) is 1.67. The second-order valence-corrected chi connectivity index (χ2v) is 4.80. The number of rotatable bonds is 5. The quantitative estimate of drug-likeness (QED) is 0.830. The van der Waals surface area contributed by atoms with Crippen LogP contribution in [-0.2, 0) is 6.42 Å². The van der Waals surface area contributed by atoms with E-state index in [1.54, 1.807) is 7.11 Å². The highest BCUT2D eigenvalue weighted by atomic mass is 16.5. The summed E-state index contributed by atoms with van der Waals surface area (Å²) in [6.45, 7) is 6.30. The zero-order valence-electron chi connectivity index (χ0n) is 10.7. The Labute approximate surface area is 98.3 Å². The van der Waals surface area contributed by atoms with E-state index in [2.05, 4.69) is 26.8 Å². The average Bonchev–Trinajstić information content (AvgIpc) is 2.16. The van der Waals surface area contributed by atoms with Gasteiger partial charge in [-0.1, -0.05) is 31.5 Å². The van der Waals surface area contributed by atoms with Crippen molar-refractivity contribution in [1.29, 1.82) is 0 Å². The Hall–Kier alpha value is -1.02. The third kappa shape index (κ3) is 3.86. The summed E-state index contributed by atoms with van der Waals surface area (Å²) < 4.78 is 5.30. The third-order valence-corrected chi connectivity index (χ3v) is 2.63. The molecule has 16 heavy (non-hydrogen) atoms. The topological polar surface area (TPSA) is 29.5 Å². The first-order valence-electron chi connectivity index (χ1n) is 5.84. The van der Waals surface area contributed by atoms with Crippen LogP contribution in [0.5, 0.6) is 5.75 Å². The highest BCUT2D eigenvalue weighted by molar-refractivity contribution is 5.37. The van der Waals surface area contributed by atoms with Crippen LogP contribution in [0.3, 0.4) is 0 Å². The number of benzene rings is 1. The Morgan fingerprint density at radius 3 is 2.56 bits per heavy atom. The van der Waals surface area contributed by atoms with Gasteiger partial charge in [0.25, 0.3) is 0 Å². The molecular formula is C14H22O2. The number of hydrogen-bond acceptors (Lipinski definition) is 2. The molecule has 1 rings (SSSR count). The standard InChI is InChI=1S/C14H22O2/c1-10(2)7-13(15)9-12-8-11(3)5-6-14(12)16-4/h5-6,8,10,13,15H,7,9H2,1-4H3. The molecule has 2 heteroatoms. The maximum absolute atomic E-state index is 9.93. The van der Waals surface area contributed by atoms with Crippen LogP contribution >= 0.6 is 0 Å². The van der Waals surface area contributed by atoms with Crippen LogP contribution in [0, 0.1) is 12.8 Å². The fourth-order valence-corrected chi connectivity index (χ4v) is 1.95. The van der Waals surface area contributed by atoms with E-state index in [1.165, 1.54) is 5.56 Å². The van der Waals surface area contributed by atoms with Crippen LogP contribution in [0.15, 0.2) is 18.2 Å². The van der Waals surface area contributed by atoms with Crippen molar-refractivity contribution in [3.8, 4) is 5.75 Å². The third-order valence-electron chi connectivity index (χ3n) is 2.63. The normalized spacial score (nSPS) is 12.9. The number of methoxy groups -OCH3 is 1. The van der Waals surface area contributed by atoms with E-state index in [0.29, 0.717) is 12.3 Å². The van der Waals surface area contributed by atoms with E-state index in [0.717, 1.165) is 17.7 Å². The molecule has 0 aliphatic heterocycles. The minimum Gasteiger partial charge on any atom is -0.496 e. The van der Waals surface area contributed by atoms with E-state index >= 15 is 0 Å². The van der Waals surface area contributed by atoms with Gasteiger partial charge in [-0.05, 0) is 30.9 Å². The van der Waals surface area contributed by atoms with Crippen molar-refractivity contribution in [2.75, 3.05) is 7.11 Å². The second kappa shape index (κ2) is 5.90. The predicted molar refractivity (Wildman–Crippen MR) is 66.9 cm³/mol. The highest BCUT2D eigenvalue weighted by Gasteiger charge is 2.11. The maximum atomic E-state index is 9.93. The molecule has 0 amide bonds. The summed E-state index contributed by atoms with van der Waals surface area (Å²) in [6.07, 6.45) is 1.22. The monoisotopic (exact) mass is 222 g/mol. The maximum Gasteiger partial charge on any atom is 0.122 e. The molecule has 1 atom stereocenters. The van der Waals surface area contributed by atoms with Gasteiger partial charge in [0.05, 0.1) is 13.2 Å². The van der Waals surface area contributed by atoms with Crippen molar-refractivity contribution in [2.45, 2.75) is 39.7 Å². The molecule has 1 aromatic rings. The van der Waals surface area contributed by atoms with E-state index in [4.69, 9.17) is 4.74 Å². The van der Waals surface area contributed by atoms with E-state index in [-0.39, 0.29) is 6.10 Å². The zero-order valence-corrected chi connectivity index (χ0v) is 10.7. The molecule has 1 N–H and O–H groups in total. The summed E-state index contributed by atoms with van der Waals surface area (Å²) in [4.78, 5) is 0. The number of aliphatic hydroxyl groups is 1. The first kappa shape index (κ1) is 13.0. The van der Waals surface area contributed by atoms with E-state index < -0.39 is 0 Å². The van der Waals surface area contributed by atoms with Gasteiger partial charge in [0.1, 0.15) is 5.75 Å². The van der Waals surface area contributed by atoms with Crippen molar-refractivity contribution in [2.24, 2.45) is 5.92 Å². The predicted octanol–water partition coefficient (Wildman–Crippen LogP) is 2.95. The molecule has 1 aromatic carbocycles. The molecule has 90 valence electrons. The Morgan fingerprint density at radius 2 is 2.00 bits per heavy atom. The number of ether oxygens (including phenoxy) is 1. The molecule has 0 saturated carbocycles. The Bertz CT molecular complexity index is 332. The molecule has 2 nitrogen and oxygen atoms in total. The molecule has 1 unspecified atom stereocenters. The van der Waals surface area contributed by atoms with Crippen LogP contribution in [0.25, 0.3) is 0 Å². The van der Waals surface area contributed by atoms with E-state index in [1.807, 2.05) is 12.1 Å². The summed E-state index contributed by atoms with van der Waals surface area (Å²) in [5.41, 5.74) is 2.29. The van der Waals surface area contributed by atoms with Crippen molar-refractivity contribution in [3.05, 3.63) is 29.3 Å². The zero-order chi connectivity index (χ0) is 12.1. The van der Waals surface area contributed by atoms with Gasteiger partial charge >= 0.3 is 0 Å². The summed E-state index contributed by atoms with van der Waals surface area (Å²) in [5, 5.41) is 9.93. The van der Waals surface area contributed by atoms with Crippen molar-refractivity contribution in [3.63, 3.8) is 0 Å². The lowest BCUT2D eigenvalue weighted by Crippen LogP contribution is -2.14. The van der Waals surface area contributed by atoms with Crippen molar-refractivity contribution >= 4 is 0 Å². The fourth-order valence-electron chi connectivity index (χ4n) is 1.95. The smallest absolute Gasteiger partial charge is 0.122 e.